The van der Waals surface area contributed by atoms with Crippen molar-refractivity contribution in [1.82, 2.24) is 9.78 Å². The Hall–Kier alpha value is -2.68. The molecule has 2 rings (SSSR count). The van der Waals surface area contributed by atoms with Crippen LogP contribution in [0.3, 0.4) is 0 Å². The summed E-state index contributed by atoms with van der Waals surface area (Å²) in [4.78, 5) is 11.8. The van der Waals surface area contributed by atoms with E-state index in [1.807, 2.05) is 6.07 Å². The molecule has 0 unspecified atom stereocenters. The molecule has 0 saturated carbocycles. The van der Waals surface area contributed by atoms with Crippen LogP contribution in [-0.2, 0) is 6.54 Å². The lowest BCUT2D eigenvalue weighted by Gasteiger charge is -2.09. The first-order chi connectivity index (χ1) is 9.08. The minimum absolute atomic E-state index is 0.0275. The second-order valence-electron chi connectivity index (χ2n) is 3.88. The number of nitriles is 1. The standard InChI is InChI=1S/C13H11FN4O/c1-2-18-13(19)11(16)10(7-15)12(17-18)8-4-3-5-9(14)6-8/h3-6H,2,16H2,1H3. The minimum Gasteiger partial charge on any atom is -0.393 e. The third-order valence-electron chi connectivity index (χ3n) is 2.70. The summed E-state index contributed by atoms with van der Waals surface area (Å²) in [5.74, 6) is -0.448. The van der Waals surface area contributed by atoms with Gasteiger partial charge in [-0.3, -0.25) is 4.79 Å². The SMILES string of the molecule is CCn1nc(-c2cccc(F)c2)c(C#N)c(N)c1=O. The fourth-order valence-electron chi connectivity index (χ4n) is 1.75. The second-order valence-corrected chi connectivity index (χ2v) is 3.88. The Labute approximate surface area is 108 Å². The molecule has 0 aliphatic carbocycles. The molecule has 0 saturated heterocycles. The Balaban J connectivity index is 2.80. The number of rotatable bonds is 2. The van der Waals surface area contributed by atoms with Gasteiger partial charge < -0.3 is 5.73 Å². The number of nitrogen functional groups attached to an aromatic ring is 1. The number of aryl methyl sites for hydroxylation is 1. The number of hydrogen-bond acceptors (Lipinski definition) is 4. The van der Waals surface area contributed by atoms with Gasteiger partial charge in [-0.05, 0) is 19.1 Å². The normalized spacial score (nSPS) is 10.2. The van der Waals surface area contributed by atoms with Crippen molar-refractivity contribution in [3.8, 4) is 17.3 Å². The van der Waals surface area contributed by atoms with Crippen molar-refractivity contribution >= 4 is 5.69 Å². The van der Waals surface area contributed by atoms with Gasteiger partial charge in [0, 0.05) is 12.1 Å². The molecule has 2 N–H and O–H groups in total. The highest BCUT2D eigenvalue weighted by atomic mass is 19.1. The van der Waals surface area contributed by atoms with Crippen LogP contribution in [0.5, 0.6) is 0 Å². The molecular weight excluding hydrogens is 247 g/mol. The van der Waals surface area contributed by atoms with Gasteiger partial charge in [-0.1, -0.05) is 12.1 Å². The average molecular weight is 258 g/mol. The van der Waals surface area contributed by atoms with Crippen molar-refractivity contribution in [1.29, 1.82) is 5.26 Å². The quantitative estimate of drug-likeness (QED) is 0.885. The van der Waals surface area contributed by atoms with Crippen molar-refractivity contribution in [2.24, 2.45) is 0 Å². The monoisotopic (exact) mass is 258 g/mol. The fourth-order valence-corrected chi connectivity index (χ4v) is 1.75. The highest BCUT2D eigenvalue weighted by molar-refractivity contribution is 5.72. The summed E-state index contributed by atoms with van der Waals surface area (Å²) < 4.78 is 14.4. The van der Waals surface area contributed by atoms with Crippen LogP contribution in [0.4, 0.5) is 10.1 Å². The van der Waals surface area contributed by atoms with Crippen molar-refractivity contribution in [3.63, 3.8) is 0 Å². The van der Waals surface area contributed by atoms with Crippen molar-refractivity contribution in [2.45, 2.75) is 13.5 Å². The molecule has 1 aromatic heterocycles. The molecule has 0 atom stereocenters. The number of hydrogen-bond donors (Lipinski definition) is 1. The summed E-state index contributed by atoms with van der Waals surface area (Å²) in [6.45, 7) is 2.05. The van der Waals surface area contributed by atoms with Gasteiger partial charge in [0.2, 0.25) is 0 Å². The predicted octanol–water partition coefficient (Wildman–Crippen LogP) is 1.52. The summed E-state index contributed by atoms with van der Waals surface area (Å²) in [5.41, 5.74) is 5.56. The fraction of sp³-hybridized carbons (Fsp3) is 0.154. The number of nitrogens with two attached hydrogens (primary N) is 1. The van der Waals surface area contributed by atoms with Crippen LogP contribution in [0.2, 0.25) is 0 Å². The largest absolute Gasteiger partial charge is 0.393 e. The van der Waals surface area contributed by atoms with E-state index in [-0.39, 0.29) is 16.9 Å². The van der Waals surface area contributed by atoms with Crippen molar-refractivity contribution in [3.05, 3.63) is 46.0 Å². The summed E-state index contributed by atoms with van der Waals surface area (Å²) in [7, 11) is 0. The van der Waals surface area contributed by atoms with Crippen LogP contribution in [0.15, 0.2) is 29.1 Å². The molecule has 0 amide bonds. The average Bonchev–Trinajstić information content (AvgIpc) is 2.41. The number of nitrogens with zero attached hydrogens (tertiary/aromatic N) is 3. The van der Waals surface area contributed by atoms with Gasteiger partial charge in [0.1, 0.15) is 28.8 Å². The first-order valence-electron chi connectivity index (χ1n) is 5.65. The number of aromatic nitrogens is 2. The lowest BCUT2D eigenvalue weighted by molar-refractivity contribution is 0.617. The zero-order chi connectivity index (χ0) is 14.0. The molecule has 0 aliphatic rings. The molecule has 96 valence electrons. The topological polar surface area (TPSA) is 84.7 Å². The van der Waals surface area contributed by atoms with Crippen LogP contribution in [0.25, 0.3) is 11.3 Å². The Morgan fingerprint density at radius 2 is 2.26 bits per heavy atom. The molecule has 6 heteroatoms. The third-order valence-corrected chi connectivity index (χ3v) is 2.70. The Bertz CT molecular complexity index is 730. The Morgan fingerprint density at radius 1 is 1.53 bits per heavy atom. The van der Waals surface area contributed by atoms with E-state index >= 15 is 0 Å². The lowest BCUT2D eigenvalue weighted by Crippen LogP contribution is -2.26. The van der Waals surface area contributed by atoms with Crippen LogP contribution < -0.4 is 11.3 Å². The second kappa shape index (κ2) is 4.90. The van der Waals surface area contributed by atoms with Crippen LogP contribution in [-0.4, -0.2) is 9.78 Å². The maximum Gasteiger partial charge on any atom is 0.291 e. The Morgan fingerprint density at radius 3 is 2.84 bits per heavy atom. The zero-order valence-corrected chi connectivity index (χ0v) is 10.2. The van der Waals surface area contributed by atoms with Crippen LogP contribution in [0, 0.1) is 17.1 Å². The highest BCUT2D eigenvalue weighted by Gasteiger charge is 2.16. The molecule has 2 aromatic rings. The molecule has 5 nitrogen and oxygen atoms in total. The van der Waals surface area contributed by atoms with E-state index in [4.69, 9.17) is 11.0 Å². The van der Waals surface area contributed by atoms with Gasteiger partial charge >= 0.3 is 0 Å². The van der Waals surface area contributed by atoms with Crippen molar-refractivity contribution in [2.75, 3.05) is 5.73 Å². The van der Waals surface area contributed by atoms with Crippen LogP contribution in [0.1, 0.15) is 12.5 Å². The lowest BCUT2D eigenvalue weighted by atomic mass is 10.1. The van der Waals surface area contributed by atoms with Gasteiger partial charge in [-0.2, -0.15) is 10.4 Å². The molecule has 0 aliphatic heterocycles. The minimum atomic E-state index is -0.515. The number of anilines is 1. The Kier molecular flexibility index (Phi) is 3.29. The van der Waals surface area contributed by atoms with E-state index in [0.29, 0.717) is 12.1 Å². The van der Waals surface area contributed by atoms with Gasteiger partial charge in [0.25, 0.3) is 5.56 Å². The third kappa shape index (κ3) is 2.18. The van der Waals surface area contributed by atoms with Gasteiger partial charge in [0.15, 0.2) is 0 Å². The van der Waals surface area contributed by atoms with Crippen molar-refractivity contribution < 1.29 is 4.39 Å². The van der Waals surface area contributed by atoms with E-state index in [2.05, 4.69) is 5.10 Å². The summed E-state index contributed by atoms with van der Waals surface area (Å²) in [6.07, 6.45) is 0. The van der Waals surface area contributed by atoms with E-state index < -0.39 is 11.4 Å². The first-order valence-corrected chi connectivity index (χ1v) is 5.65. The maximum atomic E-state index is 13.2. The maximum absolute atomic E-state index is 13.2. The molecule has 0 radical (unpaired) electrons. The molecule has 0 bridgehead atoms. The van der Waals surface area contributed by atoms with Gasteiger partial charge in [-0.25, -0.2) is 9.07 Å². The number of benzene rings is 1. The molecule has 0 fully saturated rings. The smallest absolute Gasteiger partial charge is 0.291 e. The predicted molar refractivity (Wildman–Crippen MR) is 68.7 cm³/mol. The van der Waals surface area contributed by atoms with Gasteiger partial charge in [0.05, 0.1) is 0 Å². The summed E-state index contributed by atoms with van der Waals surface area (Å²) in [5, 5.41) is 13.2. The summed E-state index contributed by atoms with van der Waals surface area (Å²) in [6, 6.07) is 7.49. The molecule has 19 heavy (non-hydrogen) atoms. The molecule has 1 heterocycles. The van der Waals surface area contributed by atoms with Crippen LogP contribution >= 0.6 is 0 Å². The van der Waals surface area contributed by atoms with Gasteiger partial charge in [-0.15, -0.1) is 0 Å². The molecular formula is C13H11FN4O. The van der Waals surface area contributed by atoms with E-state index in [9.17, 15) is 9.18 Å². The van der Waals surface area contributed by atoms with E-state index in [1.165, 1.54) is 18.2 Å². The summed E-state index contributed by atoms with van der Waals surface area (Å²) >= 11 is 0. The molecule has 0 spiro atoms. The highest BCUT2D eigenvalue weighted by Crippen LogP contribution is 2.23. The van der Waals surface area contributed by atoms with E-state index in [1.54, 1.807) is 13.0 Å². The zero-order valence-electron chi connectivity index (χ0n) is 10.2. The van der Waals surface area contributed by atoms with E-state index in [0.717, 1.165) is 4.68 Å². The number of halogens is 1. The first kappa shape index (κ1) is 12.8. The molecule has 1 aromatic carbocycles.